The molecule has 1 N–H and O–H groups in total. The zero-order chi connectivity index (χ0) is 18.7. The fourth-order valence-corrected chi connectivity index (χ4v) is 2.53. The van der Waals surface area contributed by atoms with E-state index >= 15 is 0 Å². The Bertz CT molecular complexity index is 845. The van der Waals surface area contributed by atoms with Crippen LogP contribution in [0.2, 0.25) is 0 Å². The fraction of sp³-hybridized carbons (Fsp3) is 0.357. The molecular formula is C14H15F3N4O3S. The van der Waals surface area contributed by atoms with Gasteiger partial charge in [-0.3, -0.25) is 19.2 Å². The molecule has 0 aliphatic carbocycles. The zero-order valence-corrected chi connectivity index (χ0v) is 13.9. The molecule has 0 fully saturated rings. The highest BCUT2D eigenvalue weighted by Crippen LogP contribution is 2.29. The Hall–Kier alpha value is -2.43. The number of aryl methyl sites for hydroxylation is 1. The predicted octanol–water partition coefficient (Wildman–Crippen LogP) is 1.82. The van der Waals surface area contributed by atoms with Crippen LogP contribution in [0.5, 0.6) is 0 Å². The average Bonchev–Trinajstić information content (AvgIpc) is 2.93. The number of sulfonamides is 1. The first-order chi connectivity index (χ1) is 11.5. The molecule has 7 nitrogen and oxygen atoms in total. The van der Waals surface area contributed by atoms with Crippen LogP contribution in [-0.4, -0.2) is 35.3 Å². The van der Waals surface area contributed by atoms with Gasteiger partial charge in [-0.2, -0.15) is 18.3 Å². The lowest BCUT2D eigenvalue weighted by Gasteiger charge is -2.06. The van der Waals surface area contributed by atoms with Gasteiger partial charge < -0.3 is 0 Å². The number of nitrogens with one attached hydrogen (secondary N) is 1. The number of alkyl halides is 3. The number of hydrogen-bond donors (Lipinski definition) is 1. The largest absolute Gasteiger partial charge is 0.417 e. The molecule has 2 heterocycles. The summed E-state index contributed by atoms with van der Waals surface area (Å²) in [5, 5.41) is 4.04. The molecule has 0 radical (unpaired) electrons. The SMILES string of the molecule is CS(=O)(=O)NC(=O)CCCn1cc(-c2ccc(C(F)(F)F)cn2)cn1. The molecule has 0 saturated carbocycles. The van der Waals surface area contributed by atoms with E-state index in [1.807, 2.05) is 4.72 Å². The van der Waals surface area contributed by atoms with Crippen LogP contribution in [0.15, 0.2) is 30.7 Å². The third-order valence-electron chi connectivity index (χ3n) is 3.11. The smallest absolute Gasteiger partial charge is 0.274 e. The maximum absolute atomic E-state index is 12.5. The van der Waals surface area contributed by atoms with Gasteiger partial charge in [0.25, 0.3) is 0 Å². The average molecular weight is 376 g/mol. The molecule has 0 aliphatic rings. The maximum Gasteiger partial charge on any atom is 0.417 e. The van der Waals surface area contributed by atoms with Gasteiger partial charge in [-0.25, -0.2) is 8.42 Å². The number of pyridine rings is 1. The number of halogens is 3. The molecule has 25 heavy (non-hydrogen) atoms. The minimum atomic E-state index is -4.44. The van der Waals surface area contributed by atoms with E-state index in [9.17, 15) is 26.4 Å². The molecule has 0 atom stereocenters. The number of amides is 1. The van der Waals surface area contributed by atoms with E-state index in [-0.39, 0.29) is 6.42 Å². The van der Waals surface area contributed by atoms with Gasteiger partial charge in [0.2, 0.25) is 15.9 Å². The first-order valence-electron chi connectivity index (χ1n) is 7.11. The van der Waals surface area contributed by atoms with Crippen molar-refractivity contribution < 1.29 is 26.4 Å². The first-order valence-corrected chi connectivity index (χ1v) is 9.00. The van der Waals surface area contributed by atoms with E-state index in [1.54, 1.807) is 6.20 Å². The number of carbonyl (C=O) groups is 1. The van der Waals surface area contributed by atoms with Crippen molar-refractivity contribution in [3.63, 3.8) is 0 Å². The Balaban J connectivity index is 1.93. The summed E-state index contributed by atoms with van der Waals surface area (Å²) in [4.78, 5) is 15.1. The van der Waals surface area contributed by atoms with E-state index in [0.29, 0.717) is 24.2 Å². The van der Waals surface area contributed by atoms with Gasteiger partial charge in [0, 0.05) is 30.9 Å². The molecular weight excluding hydrogens is 361 g/mol. The van der Waals surface area contributed by atoms with E-state index in [1.165, 1.54) is 16.9 Å². The zero-order valence-electron chi connectivity index (χ0n) is 13.1. The topological polar surface area (TPSA) is 94.0 Å². The molecule has 0 aromatic carbocycles. The number of nitrogens with zero attached hydrogens (tertiary/aromatic N) is 3. The van der Waals surface area contributed by atoms with Gasteiger partial charge in [-0.15, -0.1) is 0 Å². The van der Waals surface area contributed by atoms with Crippen molar-refractivity contribution >= 4 is 15.9 Å². The molecule has 2 aromatic rings. The standard InChI is InChI=1S/C14H15F3N4O3S/c1-25(23,24)20-13(22)3-2-6-21-9-10(7-19-21)12-5-4-11(8-18-12)14(15,16)17/h4-5,7-9H,2-3,6H2,1H3,(H,20,22). The summed E-state index contributed by atoms with van der Waals surface area (Å²) in [5.74, 6) is -0.612. The fourth-order valence-electron chi connectivity index (χ4n) is 2.01. The van der Waals surface area contributed by atoms with Crippen molar-refractivity contribution in [1.82, 2.24) is 19.5 Å². The minimum absolute atomic E-state index is 0.000787. The molecule has 0 unspecified atom stereocenters. The van der Waals surface area contributed by atoms with Gasteiger partial charge in [0.1, 0.15) is 0 Å². The molecule has 0 saturated heterocycles. The lowest BCUT2D eigenvalue weighted by Crippen LogP contribution is -2.29. The van der Waals surface area contributed by atoms with Crippen LogP contribution >= 0.6 is 0 Å². The lowest BCUT2D eigenvalue weighted by molar-refractivity contribution is -0.137. The summed E-state index contributed by atoms with van der Waals surface area (Å²) in [6.07, 6.45) is 0.589. The highest BCUT2D eigenvalue weighted by Gasteiger charge is 2.30. The Labute approximate surface area is 141 Å². The summed E-state index contributed by atoms with van der Waals surface area (Å²) in [5.41, 5.74) is 0.0453. The van der Waals surface area contributed by atoms with Crippen molar-refractivity contribution in [2.24, 2.45) is 0 Å². The van der Waals surface area contributed by atoms with Crippen LogP contribution in [-0.2, 0) is 27.5 Å². The lowest BCUT2D eigenvalue weighted by atomic mass is 10.2. The third kappa shape index (κ3) is 5.85. The van der Waals surface area contributed by atoms with Crippen molar-refractivity contribution in [3.8, 4) is 11.3 Å². The van der Waals surface area contributed by atoms with Crippen molar-refractivity contribution in [2.75, 3.05) is 6.26 Å². The molecule has 1 amide bonds. The second-order valence-corrected chi connectivity index (χ2v) is 7.07. The van der Waals surface area contributed by atoms with Crippen molar-refractivity contribution in [2.45, 2.75) is 25.6 Å². The number of carbonyl (C=O) groups excluding carboxylic acids is 1. The number of hydrogen-bond acceptors (Lipinski definition) is 5. The number of rotatable bonds is 6. The van der Waals surface area contributed by atoms with Gasteiger partial charge >= 0.3 is 6.18 Å². The van der Waals surface area contributed by atoms with Crippen LogP contribution in [0.25, 0.3) is 11.3 Å². The van der Waals surface area contributed by atoms with Crippen LogP contribution < -0.4 is 4.72 Å². The second-order valence-electron chi connectivity index (χ2n) is 5.32. The maximum atomic E-state index is 12.5. The molecule has 0 bridgehead atoms. The van der Waals surface area contributed by atoms with Gasteiger partial charge in [0.15, 0.2) is 0 Å². The van der Waals surface area contributed by atoms with Gasteiger partial charge in [-0.05, 0) is 18.6 Å². The van der Waals surface area contributed by atoms with Crippen molar-refractivity contribution in [1.29, 1.82) is 0 Å². The highest BCUT2D eigenvalue weighted by molar-refractivity contribution is 7.89. The summed E-state index contributed by atoms with van der Waals surface area (Å²) in [6.45, 7) is 0.345. The Morgan fingerprint density at radius 1 is 1.28 bits per heavy atom. The van der Waals surface area contributed by atoms with Crippen LogP contribution in [0.4, 0.5) is 13.2 Å². The number of aromatic nitrogens is 3. The molecule has 0 spiro atoms. The molecule has 136 valence electrons. The summed E-state index contributed by atoms with van der Waals surface area (Å²) in [7, 11) is -3.57. The summed E-state index contributed by atoms with van der Waals surface area (Å²) in [6, 6.07) is 2.19. The first kappa shape index (κ1) is 18.9. The minimum Gasteiger partial charge on any atom is -0.274 e. The van der Waals surface area contributed by atoms with Crippen LogP contribution in [0, 0.1) is 0 Å². The highest BCUT2D eigenvalue weighted by atomic mass is 32.2. The van der Waals surface area contributed by atoms with Crippen LogP contribution in [0.1, 0.15) is 18.4 Å². The Kier molecular flexibility index (Phi) is 5.45. The Morgan fingerprint density at radius 2 is 2.00 bits per heavy atom. The second kappa shape index (κ2) is 7.21. The normalized spacial score (nSPS) is 12.2. The predicted molar refractivity (Wildman–Crippen MR) is 82.7 cm³/mol. The Morgan fingerprint density at radius 3 is 2.56 bits per heavy atom. The molecule has 2 rings (SSSR count). The van der Waals surface area contributed by atoms with Gasteiger partial charge in [0.05, 0.1) is 23.7 Å². The summed E-state index contributed by atoms with van der Waals surface area (Å²) < 4.78 is 62.7. The van der Waals surface area contributed by atoms with E-state index in [2.05, 4.69) is 10.1 Å². The quantitative estimate of drug-likeness (QED) is 0.830. The molecule has 0 aliphatic heterocycles. The molecule has 2 aromatic heterocycles. The van der Waals surface area contributed by atoms with E-state index in [0.717, 1.165) is 18.5 Å². The van der Waals surface area contributed by atoms with E-state index in [4.69, 9.17) is 0 Å². The van der Waals surface area contributed by atoms with E-state index < -0.39 is 27.7 Å². The van der Waals surface area contributed by atoms with Crippen molar-refractivity contribution in [3.05, 3.63) is 36.3 Å². The molecule has 11 heteroatoms. The van der Waals surface area contributed by atoms with Gasteiger partial charge in [-0.1, -0.05) is 0 Å². The summed E-state index contributed by atoms with van der Waals surface area (Å²) >= 11 is 0. The monoisotopic (exact) mass is 376 g/mol. The third-order valence-corrected chi connectivity index (χ3v) is 3.71. The van der Waals surface area contributed by atoms with Crippen LogP contribution in [0.3, 0.4) is 0 Å².